The Morgan fingerprint density at radius 1 is 1.00 bits per heavy atom. The van der Waals surface area contributed by atoms with Gasteiger partial charge in [-0.05, 0) is 60.9 Å². The Kier molecular flexibility index (Phi) is 4.86. The molecule has 3 N–H and O–H groups in total. The number of thiophene rings is 1. The van der Waals surface area contributed by atoms with Crippen LogP contribution in [0, 0.1) is 19.7 Å². The second-order valence-electron chi connectivity index (χ2n) is 5.98. The maximum absolute atomic E-state index is 13.1. The van der Waals surface area contributed by atoms with Gasteiger partial charge in [-0.2, -0.15) is 0 Å². The summed E-state index contributed by atoms with van der Waals surface area (Å²) in [5.74, 6) is -1.11. The first-order chi connectivity index (χ1) is 12.3. The van der Waals surface area contributed by atoms with Crippen molar-refractivity contribution < 1.29 is 14.0 Å². The zero-order valence-electron chi connectivity index (χ0n) is 14.3. The normalized spacial score (nSPS) is 10.6. The summed E-state index contributed by atoms with van der Waals surface area (Å²) in [4.78, 5) is 25.4. The molecule has 3 aromatic rings. The predicted octanol–water partition coefficient (Wildman–Crippen LogP) is 4.52. The number of carbonyl (C=O) groups is 2. The fraction of sp³-hybridized carbons (Fsp3) is 0.100. The van der Waals surface area contributed by atoms with E-state index in [-0.39, 0.29) is 11.7 Å². The first kappa shape index (κ1) is 17.8. The van der Waals surface area contributed by atoms with Gasteiger partial charge in [0.25, 0.3) is 5.91 Å². The van der Waals surface area contributed by atoms with Crippen LogP contribution < -0.4 is 11.1 Å². The number of benzene rings is 2. The van der Waals surface area contributed by atoms with Crippen molar-refractivity contribution in [1.82, 2.24) is 0 Å². The monoisotopic (exact) mass is 368 g/mol. The van der Waals surface area contributed by atoms with E-state index in [0.717, 1.165) is 21.6 Å². The smallest absolute Gasteiger partial charge is 0.265 e. The standard InChI is InChI=1S/C20H17FN2O2S/c1-11-3-8-15(10-16(11)19(22)24)23-20(25)17-9-12(2)18(26-17)13-4-6-14(21)7-5-13/h3-10H,1-2H3,(H2,22,24)(H,23,25). The van der Waals surface area contributed by atoms with Crippen molar-refractivity contribution in [2.75, 3.05) is 5.32 Å². The van der Waals surface area contributed by atoms with Crippen molar-refractivity contribution >= 4 is 28.8 Å². The van der Waals surface area contributed by atoms with Gasteiger partial charge >= 0.3 is 0 Å². The highest BCUT2D eigenvalue weighted by atomic mass is 32.1. The van der Waals surface area contributed by atoms with Crippen molar-refractivity contribution in [3.05, 3.63) is 75.9 Å². The fourth-order valence-electron chi connectivity index (χ4n) is 2.64. The zero-order valence-corrected chi connectivity index (χ0v) is 15.1. The second-order valence-corrected chi connectivity index (χ2v) is 7.03. The van der Waals surface area contributed by atoms with Crippen LogP contribution in [-0.2, 0) is 0 Å². The van der Waals surface area contributed by atoms with Crippen LogP contribution in [0.15, 0.2) is 48.5 Å². The molecule has 2 amide bonds. The first-order valence-corrected chi connectivity index (χ1v) is 8.75. The number of amides is 2. The van der Waals surface area contributed by atoms with Gasteiger partial charge in [0.05, 0.1) is 4.88 Å². The molecular weight excluding hydrogens is 351 g/mol. The van der Waals surface area contributed by atoms with E-state index in [1.165, 1.54) is 23.5 Å². The van der Waals surface area contributed by atoms with Crippen molar-refractivity contribution in [2.45, 2.75) is 13.8 Å². The Balaban J connectivity index is 1.85. The summed E-state index contributed by atoms with van der Waals surface area (Å²) in [6.07, 6.45) is 0. The second kappa shape index (κ2) is 7.09. The number of hydrogen-bond acceptors (Lipinski definition) is 3. The minimum atomic E-state index is -0.538. The van der Waals surface area contributed by atoms with Crippen LogP contribution >= 0.6 is 11.3 Å². The van der Waals surface area contributed by atoms with E-state index in [9.17, 15) is 14.0 Å². The van der Waals surface area contributed by atoms with Gasteiger partial charge in [-0.1, -0.05) is 18.2 Å². The summed E-state index contributed by atoms with van der Waals surface area (Å²) in [7, 11) is 0. The van der Waals surface area contributed by atoms with Crippen LogP contribution in [0.25, 0.3) is 10.4 Å². The average Bonchev–Trinajstić information content (AvgIpc) is 2.99. The number of halogens is 1. The molecule has 0 bridgehead atoms. The third-order valence-corrected chi connectivity index (χ3v) is 5.29. The maximum atomic E-state index is 13.1. The van der Waals surface area contributed by atoms with Gasteiger partial charge in [-0.15, -0.1) is 11.3 Å². The van der Waals surface area contributed by atoms with Crippen LogP contribution in [-0.4, -0.2) is 11.8 Å². The maximum Gasteiger partial charge on any atom is 0.265 e. The lowest BCUT2D eigenvalue weighted by Gasteiger charge is -2.07. The predicted molar refractivity (Wildman–Crippen MR) is 102 cm³/mol. The molecule has 0 unspecified atom stereocenters. The Morgan fingerprint density at radius 3 is 2.35 bits per heavy atom. The number of hydrogen-bond donors (Lipinski definition) is 2. The van der Waals surface area contributed by atoms with Crippen LogP contribution in [0.4, 0.5) is 10.1 Å². The van der Waals surface area contributed by atoms with E-state index in [1.807, 2.05) is 6.92 Å². The van der Waals surface area contributed by atoms with E-state index >= 15 is 0 Å². The number of anilines is 1. The molecule has 26 heavy (non-hydrogen) atoms. The van der Waals surface area contributed by atoms with Crippen LogP contribution in [0.3, 0.4) is 0 Å². The van der Waals surface area contributed by atoms with Crippen molar-refractivity contribution in [2.24, 2.45) is 5.73 Å². The molecule has 0 radical (unpaired) electrons. The summed E-state index contributed by atoms with van der Waals surface area (Å²) in [6.45, 7) is 3.69. The van der Waals surface area contributed by atoms with Crippen molar-refractivity contribution in [1.29, 1.82) is 0 Å². The molecule has 1 aromatic heterocycles. The topological polar surface area (TPSA) is 72.2 Å². The zero-order chi connectivity index (χ0) is 18.8. The Morgan fingerprint density at radius 2 is 1.69 bits per heavy atom. The SMILES string of the molecule is Cc1ccc(NC(=O)c2cc(C)c(-c3ccc(F)cc3)s2)cc1C(N)=O. The molecule has 0 spiro atoms. The first-order valence-electron chi connectivity index (χ1n) is 7.93. The lowest BCUT2D eigenvalue weighted by molar-refractivity contribution is 0.0996. The molecule has 132 valence electrons. The van der Waals surface area contributed by atoms with E-state index in [4.69, 9.17) is 5.73 Å². The molecule has 0 aliphatic rings. The number of nitrogens with one attached hydrogen (secondary N) is 1. The van der Waals surface area contributed by atoms with E-state index in [1.54, 1.807) is 43.3 Å². The van der Waals surface area contributed by atoms with Gasteiger partial charge in [0.1, 0.15) is 5.82 Å². The largest absolute Gasteiger partial charge is 0.366 e. The molecule has 2 aromatic carbocycles. The molecule has 0 saturated carbocycles. The molecule has 0 aliphatic heterocycles. The Labute approximate surface area is 154 Å². The molecule has 6 heteroatoms. The number of rotatable bonds is 4. The lowest BCUT2D eigenvalue weighted by atomic mass is 10.1. The van der Waals surface area contributed by atoms with Crippen LogP contribution in [0.1, 0.15) is 31.2 Å². The van der Waals surface area contributed by atoms with Gasteiger partial charge < -0.3 is 11.1 Å². The minimum Gasteiger partial charge on any atom is -0.366 e. The van der Waals surface area contributed by atoms with Gasteiger partial charge in [0.15, 0.2) is 0 Å². The fourth-order valence-corrected chi connectivity index (χ4v) is 3.71. The summed E-state index contributed by atoms with van der Waals surface area (Å²) in [6, 6.07) is 13.0. The minimum absolute atomic E-state index is 0.272. The molecular formula is C20H17FN2O2S. The number of carbonyl (C=O) groups excluding carboxylic acids is 2. The Hall–Kier alpha value is -2.99. The van der Waals surface area contributed by atoms with E-state index < -0.39 is 5.91 Å². The highest BCUT2D eigenvalue weighted by Crippen LogP contribution is 2.33. The summed E-state index contributed by atoms with van der Waals surface area (Å²) in [5, 5.41) is 2.79. The number of primary amides is 1. The van der Waals surface area contributed by atoms with Crippen molar-refractivity contribution in [3.63, 3.8) is 0 Å². The third kappa shape index (κ3) is 3.65. The van der Waals surface area contributed by atoms with Gasteiger partial charge in [-0.3, -0.25) is 9.59 Å². The molecule has 0 atom stereocenters. The quantitative estimate of drug-likeness (QED) is 0.710. The lowest BCUT2D eigenvalue weighted by Crippen LogP contribution is -2.15. The van der Waals surface area contributed by atoms with Crippen molar-refractivity contribution in [3.8, 4) is 10.4 Å². The van der Waals surface area contributed by atoms with Gasteiger partial charge in [0.2, 0.25) is 5.91 Å². The Bertz CT molecular complexity index is 994. The molecule has 1 heterocycles. The summed E-state index contributed by atoms with van der Waals surface area (Å²) in [5.41, 5.74) is 8.77. The van der Waals surface area contributed by atoms with Crippen LogP contribution in [0.5, 0.6) is 0 Å². The highest BCUT2D eigenvalue weighted by molar-refractivity contribution is 7.17. The molecule has 0 aliphatic carbocycles. The molecule has 0 fully saturated rings. The number of aryl methyl sites for hydroxylation is 2. The number of nitrogens with two attached hydrogens (primary N) is 1. The van der Waals surface area contributed by atoms with Gasteiger partial charge in [0, 0.05) is 16.1 Å². The molecule has 3 rings (SSSR count). The van der Waals surface area contributed by atoms with Gasteiger partial charge in [-0.25, -0.2) is 4.39 Å². The van der Waals surface area contributed by atoms with E-state index in [0.29, 0.717) is 16.1 Å². The molecule has 4 nitrogen and oxygen atoms in total. The highest BCUT2D eigenvalue weighted by Gasteiger charge is 2.15. The summed E-state index contributed by atoms with van der Waals surface area (Å²) < 4.78 is 13.1. The summed E-state index contributed by atoms with van der Waals surface area (Å²) >= 11 is 1.33. The third-order valence-electron chi connectivity index (χ3n) is 4.01. The van der Waals surface area contributed by atoms with E-state index in [2.05, 4.69) is 5.32 Å². The van der Waals surface area contributed by atoms with Crippen LogP contribution in [0.2, 0.25) is 0 Å². The average molecular weight is 368 g/mol. The molecule has 0 saturated heterocycles.